The van der Waals surface area contributed by atoms with E-state index in [-0.39, 0.29) is 23.1 Å². The molecule has 0 saturated heterocycles. The van der Waals surface area contributed by atoms with Gasteiger partial charge in [0.2, 0.25) is 0 Å². The highest BCUT2D eigenvalue weighted by molar-refractivity contribution is 5.75. The number of hydrogen-bond acceptors (Lipinski definition) is 4. The molecule has 1 aliphatic rings. The fourth-order valence-corrected chi connectivity index (χ4v) is 3.02. The molecule has 0 spiro atoms. The Bertz CT molecular complexity index is 1160. The molecule has 132 valence electrons. The fourth-order valence-electron chi connectivity index (χ4n) is 3.02. The summed E-state index contributed by atoms with van der Waals surface area (Å²) in [7, 11) is 0. The standard InChI is InChI=1S/C22H10F2N4/c23-21-17(9-25)5-15(6-18(21)10-26)13-1-2-14(4-3-13)16-7-19(11-27)22(24)20(8-16)12-28/h1-7,20H,8H2. The van der Waals surface area contributed by atoms with Crippen LogP contribution in [0.4, 0.5) is 8.78 Å². The third kappa shape index (κ3) is 3.24. The molecule has 28 heavy (non-hydrogen) atoms. The maximum atomic E-state index is 14.0. The van der Waals surface area contributed by atoms with Crippen LogP contribution in [0.25, 0.3) is 16.7 Å². The minimum absolute atomic E-state index is 0.153. The zero-order valence-corrected chi connectivity index (χ0v) is 14.4. The van der Waals surface area contributed by atoms with Crippen molar-refractivity contribution in [1.82, 2.24) is 0 Å². The largest absolute Gasteiger partial charge is 0.209 e. The van der Waals surface area contributed by atoms with Crippen molar-refractivity contribution in [2.24, 2.45) is 5.92 Å². The molecule has 0 N–H and O–H groups in total. The van der Waals surface area contributed by atoms with Crippen LogP contribution < -0.4 is 0 Å². The van der Waals surface area contributed by atoms with Gasteiger partial charge in [-0.05, 0) is 46.9 Å². The van der Waals surface area contributed by atoms with Crippen molar-refractivity contribution >= 4 is 5.57 Å². The Morgan fingerprint density at radius 3 is 1.86 bits per heavy atom. The van der Waals surface area contributed by atoms with Crippen molar-refractivity contribution in [3.63, 3.8) is 0 Å². The van der Waals surface area contributed by atoms with Crippen molar-refractivity contribution in [3.8, 4) is 35.4 Å². The lowest BCUT2D eigenvalue weighted by atomic mass is 9.86. The summed E-state index contributed by atoms with van der Waals surface area (Å²) in [5, 5.41) is 36.3. The zero-order valence-electron chi connectivity index (χ0n) is 14.4. The highest BCUT2D eigenvalue weighted by atomic mass is 19.1. The molecule has 0 heterocycles. The molecular weight excluding hydrogens is 358 g/mol. The summed E-state index contributed by atoms with van der Waals surface area (Å²) in [4.78, 5) is 0. The summed E-state index contributed by atoms with van der Waals surface area (Å²) >= 11 is 0. The molecule has 0 fully saturated rings. The minimum atomic E-state index is -0.997. The smallest absolute Gasteiger partial charge is 0.158 e. The maximum absolute atomic E-state index is 14.0. The van der Waals surface area contributed by atoms with Gasteiger partial charge in [-0.15, -0.1) is 0 Å². The molecule has 0 aliphatic heterocycles. The number of nitrogens with zero attached hydrogens (tertiary/aromatic N) is 4. The Labute approximate surface area is 160 Å². The maximum Gasteiger partial charge on any atom is 0.158 e. The first-order valence-corrected chi connectivity index (χ1v) is 8.16. The lowest BCUT2D eigenvalue weighted by Crippen LogP contribution is -2.07. The quantitative estimate of drug-likeness (QED) is 0.752. The van der Waals surface area contributed by atoms with Crippen molar-refractivity contribution in [1.29, 1.82) is 21.0 Å². The van der Waals surface area contributed by atoms with Crippen LogP contribution in [0.5, 0.6) is 0 Å². The lowest BCUT2D eigenvalue weighted by molar-refractivity contribution is 0.528. The molecule has 0 aromatic heterocycles. The molecule has 0 radical (unpaired) electrons. The SMILES string of the molecule is N#CC1=C(F)C(C#N)CC(c2ccc(-c3cc(C#N)c(F)c(C#N)c3)cc2)=C1. The Morgan fingerprint density at radius 1 is 0.786 bits per heavy atom. The highest BCUT2D eigenvalue weighted by Gasteiger charge is 2.25. The van der Waals surface area contributed by atoms with E-state index in [2.05, 4.69) is 0 Å². The van der Waals surface area contributed by atoms with Gasteiger partial charge in [-0.2, -0.15) is 21.0 Å². The van der Waals surface area contributed by atoms with E-state index >= 15 is 0 Å². The normalized spacial score (nSPS) is 15.6. The van der Waals surface area contributed by atoms with Gasteiger partial charge in [-0.1, -0.05) is 24.3 Å². The van der Waals surface area contributed by atoms with E-state index in [1.54, 1.807) is 42.5 Å². The second kappa shape index (κ2) is 7.55. The van der Waals surface area contributed by atoms with Crippen molar-refractivity contribution < 1.29 is 8.78 Å². The molecule has 4 nitrogen and oxygen atoms in total. The first kappa shape index (κ1) is 18.5. The molecular formula is C22H10F2N4. The van der Waals surface area contributed by atoms with E-state index in [1.165, 1.54) is 18.2 Å². The van der Waals surface area contributed by atoms with Crippen molar-refractivity contribution in [2.75, 3.05) is 0 Å². The van der Waals surface area contributed by atoms with Gasteiger partial charge in [-0.3, -0.25) is 0 Å². The topological polar surface area (TPSA) is 95.2 Å². The lowest BCUT2D eigenvalue weighted by Gasteiger charge is -2.17. The van der Waals surface area contributed by atoms with E-state index < -0.39 is 17.6 Å². The second-order valence-corrected chi connectivity index (χ2v) is 6.12. The number of halogens is 2. The third-order valence-electron chi connectivity index (χ3n) is 4.48. The molecule has 2 aromatic rings. The van der Waals surface area contributed by atoms with Crippen LogP contribution in [0.15, 0.2) is 53.9 Å². The Balaban J connectivity index is 2.01. The van der Waals surface area contributed by atoms with Gasteiger partial charge in [0.15, 0.2) is 5.82 Å². The monoisotopic (exact) mass is 368 g/mol. The second-order valence-electron chi connectivity index (χ2n) is 6.12. The molecule has 1 atom stereocenters. The Kier molecular flexibility index (Phi) is 4.99. The number of benzene rings is 2. The molecule has 2 aromatic carbocycles. The van der Waals surface area contributed by atoms with Gasteiger partial charge in [0.05, 0.1) is 22.8 Å². The van der Waals surface area contributed by atoms with Crippen LogP contribution in [0.2, 0.25) is 0 Å². The average molecular weight is 368 g/mol. The van der Waals surface area contributed by atoms with E-state index in [0.29, 0.717) is 22.3 Å². The molecule has 0 amide bonds. The van der Waals surface area contributed by atoms with E-state index in [4.69, 9.17) is 21.0 Å². The first-order chi connectivity index (χ1) is 13.5. The minimum Gasteiger partial charge on any atom is -0.209 e. The van der Waals surface area contributed by atoms with Gasteiger partial charge < -0.3 is 0 Å². The van der Waals surface area contributed by atoms with Crippen LogP contribution >= 0.6 is 0 Å². The Morgan fingerprint density at radius 2 is 1.36 bits per heavy atom. The molecule has 1 aliphatic carbocycles. The molecule has 0 bridgehead atoms. The van der Waals surface area contributed by atoms with Gasteiger partial charge in [0.25, 0.3) is 0 Å². The van der Waals surface area contributed by atoms with Crippen LogP contribution in [-0.2, 0) is 0 Å². The summed E-state index contributed by atoms with van der Waals surface area (Å²) in [6.07, 6.45) is 1.58. The van der Waals surface area contributed by atoms with Crippen molar-refractivity contribution in [2.45, 2.75) is 6.42 Å². The fraction of sp³-hybridized carbons (Fsp3) is 0.0909. The summed E-state index contributed by atoms with van der Waals surface area (Å²) in [5.41, 5.74) is 1.95. The Hall–Kier alpha value is -4.26. The van der Waals surface area contributed by atoms with Crippen molar-refractivity contribution in [3.05, 3.63) is 76.4 Å². The summed E-state index contributed by atoms with van der Waals surface area (Å²) in [6.45, 7) is 0. The third-order valence-corrected chi connectivity index (χ3v) is 4.48. The number of allylic oxidation sites excluding steroid dienone is 4. The zero-order chi connectivity index (χ0) is 20.3. The van der Waals surface area contributed by atoms with E-state index in [1.807, 2.05) is 6.07 Å². The average Bonchev–Trinajstić information content (AvgIpc) is 2.74. The van der Waals surface area contributed by atoms with Gasteiger partial charge in [-0.25, -0.2) is 8.78 Å². The van der Waals surface area contributed by atoms with Gasteiger partial charge in [0.1, 0.15) is 30.0 Å². The van der Waals surface area contributed by atoms with Crippen LogP contribution in [0.3, 0.4) is 0 Å². The molecule has 6 heteroatoms. The van der Waals surface area contributed by atoms with E-state index in [9.17, 15) is 8.78 Å². The molecule has 0 saturated carbocycles. The van der Waals surface area contributed by atoms with Gasteiger partial charge >= 0.3 is 0 Å². The summed E-state index contributed by atoms with van der Waals surface area (Å²) < 4.78 is 27.9. The van der Waals surface area contributed by atoms with Crippen LogP contribution in [0.1, 0.15) is 23.1 Å². The summed E-state index contributed by atoms with van der Waals surface area (Å²) in [5.74, 6) is -2.56. The number of nitriles is 4. The predicted molar refractivity (Wildman–Crippen MR) is 96.7 cm³/mol. The molecule has 3 rings (SSSR count). The summed E-state index contributed by atoms with van der Waals surface area (Å²) in [6, 6.07) is 16.7. The molecule has 1 unspecified atom stereocenters. The van der Waals surface area contributed by atoms with Crippen LogP contribution in [-0.4, -0.2) is 0 Å². The first-order valence-electron chi connectivity index (χ1n) is 8.16. The predicted octanol–water partition coefficient (Wildman–Crippen LogP) is 4.91. The number of rotatable bonds is 2. The van der Waals surface area contributed by atoms with E-state index in [0.717, 1.165) is 0 Å². The van der Waals surface area contributed by atoms with Crippen LogP contribution in [0, 0.1) is 57.1 Å². The number of hydrogen-bond donors (Lipinski definition) is 0. The van der Waals surface area contributed by atoms with Gasteiger partial charge in [0, 0.05) is 0 Å². The highest BCUT2D eigenvalue weighted by Crippen LogP contribution is 2.36.